The fourth-order valence-electron chi connectivity index (χ4n) is 11.8. The van der Waals surface area contributed by atoms with Crippen LogP contribution in [0.2, 0.25) is 0 Å². The third-order valence-electron chi connectivity index (χ3n) is 13.1. The quantitative estimate of drug-likeness (QED) is 0.189. The fourth-order valence-corrected chi connectivity index (χ4v) is 11.8. The van der Waals surface area contributed by atoms with Gasteiger partial charge in [-0.25, -0.2) is 0 Å². The van der Waals surface area contributed by atoms with Crippen LogP contribution < -0.4 is 26.2 Å². The topological polar surface area (TPSA) is 6.48 Å². The summed E-state index contributed by atoms with van der Waals surface area (Å²) in [6.07, 6.45) is 5.68. The normalized spacial score (nSPS) is 28.6. The molecule has 0 saturated heterocycles. The molecule has 2 nitrogen and oxygen atoms in total. The van der Waals surface area contributed by atoms with Crippen LogP contribution in [0, 0.1) is 50.4 Å². The maximum absolute atomic E-state index is 2.68. The van der Waals surface area contributed by atoms with Gasteiger partial charge in [-0.05, 0) is 169 Å². The van der Waals surface area contributed by atoms with E-state index in [1.54, 1.807) is 5.56 Å². The monoisotopic (exact) mass is 594 g/mol. The molecule has 4 bridgehead atoms. The molecule has 7 aliphatic rings. The maximum Gasteiger partial charge on any atom is 0.252 e. The average Bonchev–Trinajstić information content (AvgIpc) is 3.72. The first kappa shape index (κ1) is 25.9. The van der Waals surface area contributed by atoms with E-state index in [9.17, 15) is 0 Å². The third kappa shape index (κ3) is 3.29. The molecule has 0 N–H and O–H groups in total. The molecule has 0 amide bonds. The number of benzene rings is 5. The van der Waals surface area contributed by atoms with Gasteiger partial charge in [-0.3, -0.25) is 0 Å². The van der Waals surface area contributed by atoms with E-state index in [2.05, 4.69) is 134 Å². The van der Waals surface area contributed by atoms with Gasteiger partial charge < -0.3 is 9.80 Å². The van der Waals surface area contributed by atoms with Crippen molar-refractivity contribution in [2.75, 3.05) is 9.80 Å². The Balaban J connectivity index is 1.24. The number of nitrogens with zero attached hydrogens (tertiary/aromatic N) is 2. The summed E-state index contributed by atoms with van der Waals surface area (Å²) in [5, 5.41) is 0. The Labute approximate surface area is 273 Å². The van der Waals surface area contributed by atoms with Gasteiger partial charge in [0.1, 0.15) is 0 Å². The van der Waals surface area contributed by atoms with E-state index in [1.807, 2.05) is 0 Å². The van der Waals surface area contributed by atoms with Crippen LogP contribution in [0.15, 0.2) is 103 Å². The SMILES string of the molecule is Cc1cc(C)cc(N2c3ccccc3B3c4ccc(C)cc4N(c4ccccc4)c4cc(C56CC7CC(C5)C5C(C6)C75)cc2c43)c1. The third-order valence-corrected chi connectivity index (χ3v) is 13.1. The highest BCUT2D eigenvalue weighted by Crippen LogP contribution is 2.78. The second-order valence-corrected chi connectivity index (χ2v) is 15.8. The Hall–Kier alpha value is -4.24. The highest BCUT2D eigenvalue weighted by atomic mass is 15.2. The summed E-state index contributed by atoms with van der Waals surface area (Å²) in [6.45, 7) is 6.92. The number of rotatable bonds is 3. The van der Waals surface area contributed by atoms with Gasteiger partial charge in [0.2, 0.25) is 0 Å². The Kier molecular flexibility index (Phi) is 4.93. The summed E-state index contributed by atoms with van der Waals surface area (Å²) in [5.74, 6) is 4.99. The van der Waals surface area contributed by atoms with Gasteiger partial charge in [0.05, 0.1) is 0 Å². The zero-order chi connectivity index (χ0) is 30.5. The van der Waals surface area contributed by atoms with Gasteiger partial charge >= 0.3 is 0 Å². The zero-order valence-electron chi connectivity index (χ0n) is 27.0. The summed E-state index contributed by atoms with van der Waals surface area (Å²) >= 11 is 0. The molecule has 0 aromatic heterocycles. The minimum atomic E-state index is 0.189. The number of hydrogen-bond acceptors (Lipinski definition) is 2. The van der Waals surface area contributed by atoms with Gasteiger partial charge in [-0.2, -0.15) is 0 Å². The van der Waals surface area contributed by atoms with Gasteiger partial charge in [-0.15, -0.1) is 0 Å². The van der Waals surface area contributed by atoms with E-state index >= 15 is 0 Å². The van der Waals surface area contributed by atoms with Gasteiger partial charge in [0.15, 0.2) is 0 Å². The molecule has 5 fully saturated rings. The minimum Gasteiger partial charge on any atom is -0.311 e. The molecule has 12 rings (SSSR count). The highest BCUT2D eigenvalue weighted by Gasteiger charge is 2.72. The summed E-state index contributed by atoms with van der Waals surface area (Å²) < 4.78 is 0. The molecule has 4 unspecified atom stereocenters. The molecule has 0 spiro atoms. The minimum absolute atomic E-state index is 0.189. The van der Waals surface area contributed by atoms with Crippen LogP contribution in [-0.2, 0) is 5.41 Å². The number of para-hydroxylation sites is 2. The lowest BCUT2D eigenvalue weighted by atomic mass is 9.33. The first-order chi connectivity index (χ1) is 22.5. The molecular weight excluding hydrogens is 555 g/mol. The molecule has 5 aromatic carbocycles. The van der Waals surface area contributed by atoms with Crippen LogP contribution in [-0.4, -0.2) is 6.71 Å². The molecule has 5 aliphatic carbocycles. The predicted octanol–water partition coefficient (Wildman–Crippen LogP) is 8.63. The van der Waals surface area contributed by atoms with Gasteiger partial charge in [0.25, 0.3) is 6.71 Å². The summed E-state index contributed by atoms with van der Waals surface area (Å²) in [6, 6.07) is 40.0. The lowest BCUT2D eigenvalue weighted by Gasteiger charge is -2.50. The van der Waals surface area contributed by atoms with Gasteiger partial charge in [-0.1, -0.05) is 54.6 Å². The predicted molar refractivity (Wildman–Crippen MR) is 192 cm³/mol. The lowest BCUT2D eigenvalue weighted by molar-refractivity contribution is 0.0924. The van der Waals surface area contributed by atoms with Crippen LogP contribution in [0.4, 0.5) is 34.1 Å². The molecule has 224 valence electrons. The lowest BCUT2D eigenvalue weighted by Crippen LogP contribution is -2.61. The second-order valence-electron chi connectivity index (χ2n) is 15.8. The van der Waals surface area contributed by atoms with Crippen LogP contribution in [0.5, 0.6) is 0 Å². The van der Waals surface area contributed by atoms with E-state index in [0.29, 0.717) is 5.41 Å². The Morgan fingerprint density at radius 2 is 1.22 bits per heavy atom. The van der Waals surface area contributed by atoms with E-state index in [0.717, 1.165) is 29.6 Å². The van der Waals surface area contributed by atoms with E-state index in [1.165, 1.54) is 92.9 Å². The molecule has 5 saturated carbocycles. The van der Waals surface area contributed by atoms with Crippen molar-refractivity contribution in [3.63, 3.8) is 0 Å². The molecule has 0 radical (unpaired) electrons. The second kappa shape index (κ2) is 8.76. The molecule has 2 heterocycles. The number of hydrogen-bond donors (Lipinski definition) is 0. The van der Waals surface area contributed by atoms with Crippen LogP contribution in [0.1, 0.15) is 47.9 Å². The van der Waals surface area contributed by atoms with Crippen molar-refractivity contribution in [1.82, 2.24) is 0 Å². The van der Waals surface area contributed by atoms with Gasteiger partial charge in [0, 0.05) is 34.1 Å². The van der Waals surface area contributed by atoms with Crippen molar-refractivity contribution < 1.29 is 0 Å². The first-order valence-corrected chi connectivity index (χ1v) is 17.6. The molecule has 5 aromatic rings. The van der Waals surface area contributed by atoms with Crippen LogP contribution >= 0.6 is 0 Å². The molecule has 3 heteroatoms. The highest BCUT2D eigenvalue weighted by molar-refractivity contribution is 7.00. The standard InChI is InChI=1S/C43H39BN2/c1-25-13-14-35-37(18-25)45(31-9-5-4-6-10-31)38-20-30(43-22-28-19-29(23-43)41-33(24-43)40(28)41)21-39-42(38)44(35)34-11-7-8-12-36(34)46(39)32-16-26(2)15-27(3)17-32/h4-18,20-21,28-29,33,40-41H,19,22-24H2,1-3H3. The van der Waals surface area contributed by atoms with Crippen molar-refractivity contribution in [2.45, 2.75) is 51.9 Å². The van der Waals surface area contributed by atoms with E-state index in [-0.39, 0.29) is 6.71 Å². The molecule has 46 heavy (non-hydrogen) atoms. The fraction of sp³-hybridized carbons (Fsp3) is 0.302. The Morgan fingerprint density at radius 3 is 1.93 bits per heavy atom. The summed E-state index contributed by atoms with van der Waals surface area (Å²) in [5.41, 5.74) is 18.1. The smallest absolute Gasteiger partial charge is 0.252 e. The molecule has 2 aliphatic heterocycles. The zero-order valence-corrected chi connectivity index (χ0v) is 27.0. The maximum atomic E-state index is 2.68. The molecular formula is C43H39BN2. The van der Waals surface area contributed by atoms with Crippen molar-refractivity contribution in [3.05, 3.63) is 125 Å². The van der Waals surface area contributed by atoms with E-state index < -0.39 is 0 Å². The number of anilines is 6. The van der Waals surface area contributed by atoms with E-state index in [4.69, 9.17) is 0 Å². The van der Waals surface area contributed by atoms with Crippen LogP contribution in [0.3, 0.4) is 0 Å². The van der Waals surface area contributed by atoms with Crippen molar-refractivity contribution in [2.24, 2.45) is 29.6 Å². The van der Waals surface area contributed by atoms with Crippen molar-refractivity contribution in [1.29, 1.82) is 0 Å². The Morgan fingerprint density at radius 1 is 0.565 bits per heavy atom. The first-order valence-electron chi connectivity index (χ1n) is 17.6. The van der Waals surface area contributed by atoms with Crippen LogP contribution in [0.25, 0.3) is 0 Å². The molecule has 4 atom stereocenters. The van der Waals surface area contributed by atoms with Crippen molar-refractivity contribution >= 4 is 57.2 Å². The number of fused-ring (bicyclic) bond motifs is 4. The Bertz CT molecular complexity index is 2080. The average molecular weight is 595 g/mol. The summed E-state index contributed by atoms with van der Waals surface area (Å²) in [4.78, 5) is 5.24. The number of aryl methyl sites for hydroxylation is 3. The summed E-state index contributed by atoms with van der Waals surface area (Å²) in [7, 11) is 0. The largest absolute Gasteiger partial charge is 0.311 e. The van der Waals surface area contributed by atoms with Crippen molar-refractivity contribution in [3.8, 4) is 0 Å².